The standard InChI is InChI=1S/C23H32N2O7/c1-23(2,3)32-22(28)25-12-10-16(11-13-25)15-31-19-9-7-6-8-17(19)24-18(21(27)30-5)14-20(26)29-4/h6-9,14,16,24H,10-13,15H2,1-5H3/b18-14+. The Morgan fingerprint density at radius 1 is 1.09 bits per heavy atom. The molecule has 1 aromatic carbocycles. The van der Waals surface area contributed by atoms with Gasteiger partial charge in [-0.25, -0.2) is 14.4 Å². The highest BCUT2D eigenvalue weighted by Gasteiger charge is 2.27. The van der Waals surface area contributed by atoms with Crippen molar-refractivity contribution in [2.24, 2.45) is 5.92 Å². The quantitative estimate of drug-likeness (QED) is 0.385. The van der Waals surface area contributed by atoms with Crippen LogP contribution in [0.25, 0.3) is 0 Å². The first-order valence-corrected chi connectivity index (χ1v) is 10.5. The van der Waals surface area contributed by atoms with Gasteiger partial charge in [-0.05, 0) is 51.7 Å². The number of carbonyl (C=O) groups is 3. The van der Waals surface area contributed by atoms with E-state index in [1.54, 1.807) is 23.1 Å². The normalized spacial score (nSPS) is 15.0. The molecule has 0 bridgehead atoms. The average molecular weight is 449 g/mol. The number of anilines is 1. The van der Waals surface area contributed by atoms with Gasteiger partial charge in [-0.1, -0.05) is 12.1 Å². The summed E-state index contributed by atoms with van der Waals surface area (Å²) in [6, 6.07) is 7.09. The zero-order valence-electron chi connectivity index (χ0n) is 19.3. The number of methoxy groups -OCH3 is 2. The highest BCUT2D eigenvalue weighted by Crippen LogP contribution is 2.28. The third-order valence-electron chi connectivity index (χ3n) is 4.77. The summed E-state index contributed by atoms with van der Waals surface area (Å²) in [4.78, 5) is 37.5. The van der Waals surface area contributed by atoms with Crippen molar-refractivity contribution >= 4 is 23.7 Å². The summed E-state index contributed by atoms with van der Waals surface area (Å²) in [5, 5.41) is 2.89. The number of nitrogens with zero attached hydrogens (tertiary/aromatic N) is 1. The van der Waals surface area contributed by atoms with Crippen LogP contribution in [0.15, 0.2) is 36.0 Å². The molecule has 1 fully saturated rings. The van der Waals surface area contributed by atoms with E-state index in [9.17, 15) is 14.4 Å². The third-order valence-corrected chi connectivity index (χ3v) is 4.77. The van der Waals surface area contributed by atoms with Crippen LogP contribution >= 0.6 is 0 Å². The van der Waals surface area contributed by atoms with Gasteiger partial charge in [0.15, 0.2) is 0 Å². The number of esters is 2. The Kier molecular flexibility index (Phi) is 8.92. The lowest BCUT2D eigenvalue weighted by Crippen LogP contribution is -2.42. The summed E-state index contributed by atoms with van der Waals surface area (Å²) in [6.45, 7) is 7.22. The van der Waals surface area contributed by atoms with Crippen LogP contribution in [-0.2, 0) is 23.8 Å². The number of carbonyl (C=O) groups excluding carboxylic acids is 3. The van der Waals surface area contributed by atoms with Crippen LogP contribution < -0.4 is 10.1 Å². The first-order valence-electron chi connectivity index (χ1n) is 10.5. The van der Waals surface area contributed by atoms with Crippen LogP contribution in [-0.4, -0.2) is 62.4 Å². The summed E-state index contributed by atoms with van der Waals surface area (Å²) in [5.41, 5.74) is -0.0700. The van der Waals surface area contributed by atoms with Crippen LogP contribution in [0.4, 0.5) is 10.5 Å². The Hall–Kier alpha value is -3.23. The highest BCUT2D eigenvalue weighted by molar-refractivity contribution is 5.99. The van der Waals surface area contributed by atoms with Crippen LogP contribution in [0.3, 0.4) is 0 Å². The molecule has 2 rings (SSSR count). The Labute approximate surface area is 188 Å². The maximum Gasteiger partial charge on any atom is 0.410 e. The first kappa shape index (κ1) is 25.0. The molecule has 9 heteroatoms. The second kappa shape index (κ2) is 11.4. The molecule has 1 N–H and O–H groups in total. The number of rotatable bonds is 7. The van der Waals surface area contributed by atoms with Crippen molar-refractivity contribution in [3.8, 4) is 5.75 Å². The third kappa shape index (κ3) is 7.79. The lowest BCUT2D eigenvalue weighted by atomic mass is 9.98. The van der Waals surface area contributed by atoms with Gasteiger partial charge in [0.2, 0.25) is 0 Å². The molecule has 1 aromatic rings. The van der Waals surface area contributed by atoms with Crippen LogP contribution in [0.2, 0.25) is 0 Å². The molecule has 1 saturated heterocycles. The molecule has 0 atom stereocenters. The molecular weight excluding hydrogens is 416 g/mol. The van der Waals surface area contributed by atoms with Crippen molar-refractivity contribution in [3.05, 3.63) is 36.0 Å². The van der Waals surface area contributed by atoms with Gasteiger partial charge in [0.05, 0.1) is 32.6 Å². The largest absolute Gasteiger partial charge is 0.491 e. The van der Waals surface area contributed by atoms with Crippen molar-refractivity contribution in [3.63, 3.8) is 0 Å². The monoisotopic (exact) mass is 448 g/mol. The molecule has 32 heavy (non-hydrogen) atoms. The van der Waals surface area contributed by atoms with Crippen molar-refractivity contribution in [1.29, 1.82) is 0 Å². The van der Waals surface area contributed by atoms with Gasteiger partial charge in [-0.15, -0.1) is 0 Å². The van der Waals surface area contributed by atoms with Gasteiger partial charge in [-0.2, -0.15) is 0 Å². The molecule has 1 amide bonds. The Morgan fingerprint density at radius 2 is 1.75 bits per heavy atom. The summed E-state index contributed by atoms with van der Waals surface area (Å²) in [5.74, 6) is -0.595. The molecule has 0 radical (unpaired) electrons. The highest BCUT2D eigenvalue weighted by atomic mass is 16.6. The van der Waals surface area contributed by atoms with E-state index in [2.05, 4.69) is 10.1 Å². The average Bonchev–Trinajstić information content (AvgIpc) is 2.76. The fraction of sp³-hybridized carbons (Fsp3) is 0.522. The molecule has 0 unspecified atom stereocenters. The topological polar surface area (TPSA) is 103 Å². The van der Waals surface area contributed by atoms with E-state index in [1.807, 2.05) is 26.8 Å². The predicted octanol–water partition coefficient (Wildman–Crippen LogP) is 3.35. The van der Waals surface area contributed by atoms with Gasteiger partial charge in [0, 0.05) is 13.1 Å². The summed E-state index contributed by atoms with van der Waals surface area (Å²) >= 11 is 0. The second-order valence-corrected chi connectivity index (χ2v) is 8.42. The summed E-state index contributed by atoms with van der Waals surface area (Å²) < 4.78 is 20.8. The maximum absolute atomic E-state index is 12.2. The van der Waals surface area contributed by atoms with Crippen LogP contribution in [0.5, 0.6) is 5.75 Å². The lowest BCUT2D eigenvalue weighted by molar-refractivity contribution is -0.138. The number of hydrogen-bond acceptors (Lipinski definition) is 8. The minimum Gasteiger partial charge on any atom is -0.491 e. The Balaban J connectivity index is 1.97. The van der Waals surface area contributed by atoms with E-state index in [4.69, 9.17) is 14.2 Å². The zero-order chi connectivity index (χ0) is 23.7. The molecule has 0 saturated carbocycles. The number of piperidine rings is 1. The van der Waals surface area contributed by atoms with Gasteiger partial charge in [0.1, 0.15) is 17.0 Å². The number of nitrogens with one attached hydrogen (secondary N) is 1. The van der Waals surface area contributed by atoms with E-state index in [1.165, 1.54) is 14.2 Å². The van der Waals surface area contributed by atoms with Crippen molar-refractivity contribution in [1.82, 2.24) is 4.90 Å². The van der Waals surface area contributed by atoms with Crippen LogP contribution in [0.1, 0.15) is 33.6 Å². The SMILES string of the molecule is COC(=O)/C=C(/Nc1ccccc1OCC1CCN(C(=O)OC(C)(C)C)CC1)C(=O)OC. The van der Waals surface area contributed by atoms with Crippen LogP contribution in [0, 0.1) is 5.92 Å². The fourth-order valence-corrected chi connectivity index (χ4v) is 3.09. The van der Waals surface area contributed by atoms with E-state index >= 15 is 0 Å². The van der Waals surface area contributed by atoms with Gasteiger partial charge >= 0.3 is 18.0 Å². The molecule has 1 heterocycles. The minimum absolute atomic E-state index is 0.0685. The predicted molar refractivity (Wildman–Crippen MR) is 118 cm³/mol. The number of ether oxygens (including phenoxy) is 4. The lowest BCUT2D eigenvalue weighted by Gasteiger charge is -2.33. The number of amides is 1. The van der Waals surface area contributed by atoms with Crippen molar-refractivity contribution in [2.45, 2.75) is 39.2 Å². The smallest absolute Gasteiger partial charge is 0.410 e. The van der Waals surface area contributed by atoms with E-state index < -0.39 is 17.5 Å². The summed E-state index contributed by atoms with van der Waals surface area (Å²) in [7, 11) is 2.44. The summed E-state index contributed by atoms with van der Waals surface area (Å²) in [6.07, 6.45) is 2.32. The molecule has 0 aliphatic carbocycles. The molecule has 1 aliphatic heterocycles. The Bertz CT molecular complexity index is 837. The number of hydrogen-bond donors (Lipinski definition) is 1. The van der Waals surface area contributed by atoms with Gasteiger partial charge in [0.25, 0.3) is 0 Å². The molecule has 1 aliphatic rings. The number of para-hydroxylation sites is 2. The van der Waals surface area contributed by atoms with E-state index in [-0.39, 0.29) is 17.7 Å². The number of benzene rings is 1. The zero-order valence-corrected chi connectivity index (χ0v) is 19.3. The molecule has 0 aromatic heterocycles. The van der Waals surface area contributed by atoms with E-state index in [0.717, 1.165) is 18.9 Å². The molecule has 9 nitrogen and oxygen atoms in total. The second-order valence-electron chi connectivity index (χ2n) is 8.42. The Morgan fingerprint density at radius 3 is 2.34 bits per heavy atom. The molecular formula is C23H32N2O7. The maximum atomic E-state index is 12.2. The molecule has 0 spiro atoms. The minimum atomic E-state index is -0.709. The molecule has 176 valence electrons. The van der Waals surface area contributed by atoms with Gasteiger partial charge in [-0.3, -0.25) is 0 Å². The van der Waals surface area contributed by atoms with Crippen molar-refractivity contribution < 1.29 is 33.3 Å². The number of likely N-dealkylation sites (tertiary alicyclic amines) is 1. The first-order chi connectivity index (χ1) is 15.1. The van der Waals surface area contributed by atoms with E-state index in [0.29, 0.717) is 31.1 Å². The van der Waals surface area contributed by atoms with Crippen molar-refractivity contribution in [2.75, 3.05) is 39.2 Å². The van der Waals surface area contributed by atoms with Gasteiger partial charge < -0.3 is 29.2 Å². The fourth-order valence-electron chi connectivity index (χ4n) is 3.09.